The third kappa shape index (κ3) is 3.94. The third-order valence-corrected chi connectivity index (χ3v) is 5.38. The summed E-state index contributed by atoms with van der Waals surface area (Å²) >= 11 is 13.3. The maximum atomic E-state index is 12.1. The molecule has 2 aromatic rings. The van der Waals surface area contributed by atoms with Crippen LogP contribution in [0, 0.1) is 0 Å². The number of hydrogen-bond donors (Lipinski definition) is 1. The van der Waals surface area contributed by atoms with Gasteiger partial charge in [0.15, 0.2) is 0 Å². The smallest absolute Gasteiger partial charge is 0.211 e. The first-order valence-electron chi connectivity index (χ1n) is 5.45. The Hall–Kier alpha value is -0.590. The first-order valence-corrected chi connectivity index (χ1v) is 8.63. The van der Waals surface area contributed by atoms with Gasteiger partial charge in [0.2, 0.25) is 10.0 Å². The average molecular weight is 336 g/mol. The minimum atomic E-state index is -3.63. The molecule has 0 unspecified atom stereocenters. The van der Waals surface area contributed by atoms with E-state index in [1.165, 1.54) is 12.1 Å². The van der Waals surface area contributed by atoms with E-state index < -0.39 is 10.0 Å². The summed E-state index contributed by atoms with van der Waals surface area (Å²) < 4.78 is 26.7. The van der Waals surface area contributed by atoms with E-state index in [0.717, 1.165) is 5.56 Å². The highest BCUT2D eigenvalue weighted by atomic mass is 35.5. The van der Waals surface area contributed by atoms with Gasteiger partial charge >= 0.3 is 0 Å². The van der Waals surface area contributed by atoms with E-state index in [-0.39, 0.29) is 9.92 Å². The van der Waals surface area contributed by atoms with Gasteiger partial charge in [0.05, 0.1) is 5.02 Å². The summed E-state index contributed by atoms with van der Waals surface area (Å²) in [4.78, 5) is 0.00647. The zero-order valence-electron chi connectivity index (χ0n) is 9.77. The number of sulfonamides is 1. The fourth-order valence-electron chi connectivity index (χ4n) is 1.53. The van der Waals surface area contributed by atoms with E-state index in [1.807, 2.05) is 16.8 Å². The lowest BCUT2D eigenvalue weighted by molar-refractivity contribution is 0.582. The molecule has 7 heteroatoms. The third-order valence-electron chi connectivity index (χ3n) is 2.47. The van der Waals surface area contributed by atoms with Crippen molar-refractivity contribution in [2.75, 3.05) is 6.54 Å². The van der Waals surface area contributed by atoms with Crippen LogP contribution in [-0.2, 0) is 16.4 Å². The van der Waals surface area contributed by atoms with Crippen LogP contribution in [0.5, 0.6) is 0 Å². The molecule has 0 aliphatic carbocycles. The molecule has 0 atom stereocenters. The molecule has 1 heterocycles. The van der Waals surface area contributed by atoms with Crippen molar-refractivity contribution < 1.29 is 8.42 Å². The molecule has 0 saturated carbocycles. The molecule has 3 nitrogen and oxygen atoms in total. The Morgan fingerprint density at radius 3 is 2.68 bits per heavy atom. The Bertz CT molecular complexity index is 654. The standard InChI is InChI=1S/C12H11Cl2NO2S2/c13-10-1-2-11(14)12(7-10)19(16,17)15-5-3-9-4-6-18-8-9/h1-2,4,6-8,15H,3,5H2. The number of hydrogen-bond acceptors (Lipinski definition) is 3. The minimum Gasteiger partial charge on any atom is -0.211 e. The van der Waals surface area contributed by atoms with Crippen molar-refractivity contribution in [1.29, 1.82) is 0 Å². The van der Waals surface area contributed by atoms with Crippen LogP contribution in [0.1, 0.15) is 5.56 Å². The molecular weight excluding hydrogens is 325 g/mol. The van der Waals surface area contributed by atoms with Gasteiger partial charge in [-0.3, -0.25) is 0 Å². The molecule has 0 saturated heterocycles. The predicted molar refractivity (Wildman–Crippen MR) is 79.7 cm³/mol. The van der Waals surface area contributed by atoms with E-state index in [2.05, 4.69) is 4.72 Å². The molecule has 1 N–H and O–H groups in total. The predicted octanol–water partition coefficient (Wildman–Crippen LogP) is 3.58. The Balaban J connectivity index is 2.07. The van der Waals surface area contributed by atoms with Crippen LogP contribution in [0.3, 0.4) is 0 Å². The second-order valence-electron chi connectivity index (χ2n) is 3.85. The molecule has 2 rings (SSSR count). The molecule has 102 valence electrons. The zero-order valence-corrected chi connectivity index (χ0v) is 12.9. The molecular formula is C12H11Cl2NO2S2. The van der Waals surface area contributed by atoms with Crippen LogP contribution < -0.4 is 4.72 Å². The lowest BCUT2D eigenvalue weighted by Gasteiger charge is -2.08. The monoisotopic (exact) mass is 335 g/mol. The van der Waals surface area contributed by atoms with E-state index in [1.54, 1.807) is 17.4 Å². The van der Waals surface area contributed by atoms with Gasteiger partial charge in [-0.2, -0.15) is 11.3 Å². The van der Waals surface area contributed by atoms with Gasteiger partial charge in [0.25, 0.3) is 0 Å². The van der Waals surface area contributed by atoms with Gasteiger partial charge in [0, 0.05) is 11.6 Å². The maximum absolute atomic E-state index is 12.1. The number of nitrogens with one attached hydrogen (secondary N) is 1. The summed E-state index contributed by atoms with van der Waals surface area (Å²) in [5.41, 5.74) is 1.10. The molecule has 0 aliphatic heterocycles. The van der Waals surface area contributed by atoms with Crippen LogP contribution in [0.2, 0.25) is 10.0 Å². The lowest BCUT2D eigenvalue weighted by atomic mass is 10.2. The molecule has 0 bridgehead atoms. The van der Waals surface area contributed by atoms with Crippen LogP contribution in [0.4, 0.5) is 0 Å². The quantitative estimate of drug-likeness (QED) is 0.907. The molecule has 0 spiro atoms. The number of thiophene rings is 1. The number of benzene rings is 1. The van der Waals surface area contributed by atoms with Crippen molar-refractivity contribution in [3.05, 3.63) is 50.6 Å². The second kappa shape index (κ2) is 6.24. The molecule has 19 heavy (non-hydrogen) atoms. The fourth-order valence-corrected chi connectivity index (χ4v) is 4.02. The second-order valence-corrected chi connectivity index (χ2v) is 7.21. The van der Waals surface area contributed by atoms with Gasteiger partial charge in [-0.1, -0.05) is 23.2 Å². The first kappa shape index (κ1) is 14.8. The van der Waals surface area contributed by atoms with Crippen LogP contribution >= 0.6 is 34.5 Å². The summed E-state index contributed by atoms with van der Waals surface area (Å²) in [5, 5.41) is 4.44. The van der Waals surface area contributed by atoms with Crippen molar-refractivity contribution in [1.82, 2.24) is 4.72 Å². The normalized spacial score (nSPS) is 11.7. The van der Waals surface area contributed by atoms with Gasteiger partial charge < -0.3 is 0 Å². The van der Waals surface area contributed by atoms with Gasteiger partial charge in [0.1, 0.15) is 4.90 Å². The molecule has 0 amide bonds. The SMILES string of the molecule is O=S(=O)(NCCc1ccsc1)c1cc(Cl)ccc1Cl. The lowest BCUT2D eigenvalue weighted by Crippen LogP contribution is -2.26. The number of halogens is 2. The van der Waals surface area contributed by atoms with Crippen LogP contribution in [0.25, 0.3) is 0 Å². The van der Waals surface area contributed by atoms with Crippen LogP contribution in [-0.4, -0.2) is 15.0 Å². The summed E-state index contributed by atoms with van der Waals surface area (Å²) in [6, 6.07) is 6.33. The summed E-state index contributed by atoms with van der Waals surface area (Å²) in [6.45, 7) is 0.321. The Morgan fingerprint density at radius 2 is 2.00 bits per heavy atom. The largest absolute Gasteiger partial charge is 0.242 e. The van der Waals surface area contributed by atoms with Gasteiger partial charge in [-0.25, -0.2) is 13.1 Å². The Morgan fingerprint density at radius 1 is 1.21 bits per heavy atom. The van der Waals surface area contributed by atoms with E-state index in [0.29, 0.717) is 18.0 Å². The summed E-state index contributed by atoms with van der Waals surface area (Å²) in [6.07, 6.45) is 0.640. The zero-order chi connectivity index (χ0) is 13.9. The van der Waals surface area contributed by atoms with Gasteiger partial charge in [-0.15, -0.1) is 0 Å². The van der Waals surface area contributed by atoms with Crippen molar-refractivity contribution in [2.24, 2.45) is 0 Å². The van der Waals surface area contributed by atoms with Crippen LogP contribution in [0.15, 0.2) is 39.9 Å². The first-order chi connectivity index (χ1) is 8.99. The maximum Gasteiger partial charge on any atom is 0.242 e. The van der Waals surface area contributed by atoms with E-state index in [9.17, 15) is 8.42 Å². The van der Waals surface area contributed by atoms with Crippen molar-refractivity contribution in [2.45, 2.75) is 11.3 Å². The minimum absolute atomic E-state index is 0.00647. The summed E-state index contributed by atoms with van der Waals surface area (Å²) in [7, 11) is -3.63. The van der Waals surface area contributed by atoms with Crippen molar-refractivity contribution in [3.63, 3.8) is 0 Å². The number of rotatable bonds is 5. The highest BCUT2D eigenvalue weighted by Crippen LogP contribution is 2.24. The van der Waals surface area contributed by atoms with Crippen molar-refractivity contribution in [3.8, 4) is 0 Å². The molecule has 0 aliphatic rings. The van der Waals surface area contributed by atoms with Gasteiger partial charge in [-0.05, 0) is 47.0 Å². The highest BCUT2D eigenvalue weighted by molar-refractivity contribution is 7.89. The Kier molecular flexibility index (Phi) is 4.86. The molecule has 1 aromatic carbocycles. The Labute approximate surface area is 126 Å². The van der Waals surface area contributed by atoms with Crippen molar-refractivity contribution >= 4 is 44.6 Å². The fraction of sp³-hybridized carbons (Fsp3) is 0.167. The summed E-state index contributed by atoms with van der Waals surface area (Å²) in [5.74, 6) is 0. The highest BCUT2D eigenvalue weighted by Gasteiger charge is 2.17. The average Bonchev–Trinajstić information content (AvgIpc) is 2.85. The van der Waals surface area contributed by atoms with E-state index >= 15 is 0 Å². The van der Waals surface area contributed by atoms with E-state index in [4.69, 9.17) is 23.2 Å². The molecule has 0 radical (unpaired) electrons. The topological polar surface area (TPSA) is 46.2 Å². The molecule has 0 fully saturated rings. The molecule has 1 aromatic heterocycles.